The number of sulfone groups is 1. The first-order valence-corrected chi connectivity index (χ1v) is 12.5. The van der Waals surface area contributed by atoms with E-state index in [0.29, 0.717) is 23.9 Å². The van der Waals surface area contributed by atoms with Gasteiger partial charge < -0.3 is 9.97 Å². The molecule has 0 aliphatic rings. The summed E-state index contributed by atoms with van der Waals surface area (Å²) in [5.41, 5.74) is 1.78. The van der Waals surface area contributed by atoms with Crippen molar-refractivity contribution in [3.8, 4) is 0 Å². The lowest BCUT2D eigenvalue weighted by atomic mass is 9.91. The Morgan fingerprint density at radius 2 is 1.34 bits per heavy atom. The van der Waals surface area contributed by atoms with Crippen molar-refractivity contribution in [3.63, 3.8) is 0 Å². The number of Topliss-reactive ketones (excluding diaryl/α,β-unsaturated/α-hetero) is 2. The Morgan fingerprint density at radius 3 is 1.78 bits per heavy atom. The number of hydrogen-bond acceptors (Lipinski definition) is 4. The molecule has 0 radical (unpaired) electrons. The van der Waals surface area contributed by atoms with Gasteiger partial charge >= 0.3 is 0 Å². The molecule has 4 rings (SSSR count). The summed E-state index contributed by atoms with van der Waals surface area (Å²) in [5, 5.41) is 1.54. The number of aromatic nitrogens is 2. The van der Waals surface area contributed by atoms with Gasteiger partial charge in [-0.3, -0.25) is 9.59 Å². The molecule has 6 nitrogen and oxygen atoms in total. The van der Waals surface area contributed by atoms with E-state index >= 15 is 0 Å². The molecule has 0 saturated heterocycles. The number of H-pyrrole nitrogens is 2. The maximum atomic E-state index is 14.0. The highest BCUT2D eigenvalue weighted by atomic mass is 32.2. The van der Waals surface area contributed by atoms with Crippen LogP contribution in [0.15, 0.2) is 60.7 Å². The molecule has 2 aromatic heterocycles. The minimum atomic E-state index is -4.13. The number of fused-ring (bicyclic) bond motifs is 2. The zero-order valence-corrected chi connectivity index (χ0v) is 19.0. The lowest BCUT2D eigenvalue weighted by Crippen LogP contribution is -2.49. The van der Waals surface area contributed by atoms with E-state index in [1.54, 1.807) is 19.1 Å². The van der Waals surface area contributed by atoms with Crippen LogP contribution < -0.4 is 0 Å². The average molecular weight is 451 g/mol. The number of aromatic amines is 2. The van der Waals surface area contributed by atoms with Crippen molar-refractivity contribution >= 4 is 43.2 Å². The molecule has 32 heavy (non-hydrogen) atoms. The standard InChI is InChI=1S/C25H26N2O4S/c1-3-5-14-32(30,31)25(24(29)21(28)4-2,22-15-17-10-6-8-12-19(17)26-22)23-16-18-11-7-9-13-20(18)27-23/h6-13,15-16,26-27H,3-5,14H2,1-2H3. The molecule has 2 N–H and O–H groups in total. The van der Waals surface area contributed by atoms with Crippen LogP contribution in [0.3, 0.4) is 0 Å². The van der Waals surface area contributed by atoms with Crippen molar-refractivity contribution in [2.75, 3.05) is 5.75 Å². The van der Waals surface area contributed by atoms with E-state index < -0.39 is 26.2 Å². The molecule has 0 unspecified atom stereocenters. The molecule has 166 valence electrons. The summed E-state index contributed by atoms with van der Waals surface area (Å²) in [6, 6.07) is 18.0. The van der Waals surface area contributed by atoms with E-state index in [1.807, 2.05) is 55.5 Å². The number of ketones is 2. The fourth-order valence-corrected chi connectivity index (χ4v) is 6.50. The van der Waals surface area contributed by atoms with Crippen LogP contribution in [0.1, 0.15) is 44.5 Å². The van der Waals surface area contributed by atoms with E-state index in [2.05, 4.69) is 9.97 Å². The van der Waals surface area contributed by atoms with Crippen LogP contribution in [0.2, 0.25) is 0 Å². The summed E-state index contributed by atoms with van der Waals surface area (Å²) >= 11 is 0. The largest absolute Gasteiger partial charge is 0.356 e. The summed E-state index contributed by atoms with van der Waals surface area (Å²) in [7, 11) is -4.13. The van der Waals surface area contributed by atoms with Crippen LogP contribution in [-0.4, -0.2) is 35.7 Å². The van der Waals surface area contributed by atoms with E-state index in [9.17, 15) is 18.0 Å². The highest BCUT2D eigenvalue weighted by molar-refractivity contribution is 7.93. The van der Waals surface area contributed by atoms with E-state index in [1.165, 1.54) is 0 Å². The van der Waals surface area contributed by atoms with Gasteiger partial charge in [0.25, 0.3) is 0 Å². The summed E-state index contributed by atoms with van der Waals surface area (Å²) < 4.78 is 25.9. The van der Waals surface area contributed by atoms with Gasteiger partial charge in [0.15, 0.2) is 9.84 Å². The van der Waals surface area contributed by atoms with Gasteiger partial charge in [0.2, 0.25) is 16.3 Å². The number of unbranched alkanes of at least 4 members (excludes halogenated alkanes) is 1. The van der Waals surface area contributed by atoms with Gasteiger partial charge in [-0.2, -0.15) is 0 Å². The molecular weight excluding hydrogens is 424 g/mol. The molecule has 0 spiro atoms. The first-order chi connectivity index (χ1) is 15.3. The Kier molecular flexibility index (Phi) is 5.77. The molecule has 0 aliphatic heterocycles. The number of hydrogen-bond donors (Lipinski definition) is 2. The van der Waals surface area contributed by atoms with Crippen LogP contribution >= 0.6 is 0 Å². The van der Waals surface area contributed by atoms with Gasteiger partial charge in [-0.05, 0) is 41.5 Å². The summed E-state index contributed by atoms with van der Waals surface area (Å²) in [6.45, 7) is 3.46. The SMILES string of the molecule is CCCCS(=O)(=O)C(C(=O)C(=O)CC)(c1cc2ccccc2[nH]1)c1cc2ccccc2[nH]1. The molecule has 7 heteroatoms. The Bertz CT molecular complexity index is 1270. The minimum Gasteiger partial charge on any atom is -0.356 e. The van der Waals surface area contributed by atoms with Gasteiger partial charge in [-0.1, -0.05) is 56.7 Å². The Hall–Kier alpha value is -3.19. The summed E-state index contributed by atoms with van der Waals surface area (Å²) in [4.78, 5) is 32.9. The van der Waals surface area contributed by atoms with Crippen LogP contribution in [0.25, 0.3) is 21.8 Å². The average Bonchev–Trinajstić information content (AvgIpc) is 3.41. The summed E-state index contributed by atoms with van der Waals surface area (Å²) in [6.07, 6.45) is 0.951. The highest BCUT2D eigenvalue weighted by Crippen LogP contribution is 2.42. The second kappa shape index (κ2) is 8.39. The van der Waals surface area contributed by atoms with Gasteiger partial charge in [0.05, 0.1) is 17.1 Å². The topological polar surface area (TPSA) is 99.9 Å². The van der Waals surface area contributed by atoms with Crippen LogP contribution in [-0.2, 0) is 24.2 Å². The molecular formula is C25H26N2O4S. The van der Waals surface area contributed by atoms with Crippen molar-refractivity contribution in [1.82, 2.24) is 9.97 Å². The Balaban J connectivity index is 2.12. The van der Waals surface area contributed by atoms with E-state index in [-0.39, 0.29) is 23.6 Å². The van der Waals surface area contributed by atoms with Gasteiger partial charge in [0, 0.05) is 17.5 Å². The molecule has 0 aliphatic carbocycles. The number of nitrogens with one attached hydrogen (secondary N) is 2. The fraction of sp³-hybridized carbons (Fsp3) is 0.280. The molecule has 2 aromatic carbocycles. The molecule has 0 fully saturated rings. The van der Waals surface area contributed by atoms with Crippen molar-refractivity contribution in [1.29, 1.82) is 0 Å². The van der Waals surface area contributed by atoms with Crippen LogP contribution in [0.4, 0.5) is 0 Å². The lowest BCUT2D eigenvalue weighted by molar-refractivity contribution is -0.137. The normalized spacial score (nSPS) is 12.4. The van der Waals surface area contributed by atoms with Crippen LogP contribution in [0, 0.1) is 0 Å². The van der Waals surface area contributed by atoms with Crippen molar-refractivity contribution in [2.24, 2.45) is 0 Å². The smallest absolute Gasteiger partial charge is 0.231 e. The summed E-state index contributed by atoms with van der Waals surface area (Å²) in [5.74, 6) is -1.87. The highest BCUT2D eigenvalue weighted by Gasteiger charge is 2.57. The number of carbonyl (C=O) groups is 2. The van der Waals surface area contributed by atoms with E-state index in [0.717, 1.165) is 10.8 Å². The van der Waals surface area contributed by atoms with Crippen LogP contribution in [0.5, 0.6) is 0 Å². The lowest BCUT2D eigenvalue weighted by Gasteiger charge is -2.30. The third-order valence-electron chi connectivity index (χ3n) is 5.95. The van der Waals surface area contributed by atoms with Gasteiger partial charge in [0.1, 0.15) is 0 Å². The number of para-hydroxylation sites is 2. The van der Waals surface area contributed by atoms with E-state index in [4.69, 9.17) is 0 Å². The Morgan fingerprint density at radius 1 is 0.844 bits per heavy atom. The molecule has 0 saturated carbocycles. The second-order valence-electron chi connectivity index (χ2n) is 8.00. The first-order valence-electron chi connectivity index (χ1n) is 10.8. The second-order valence-corrected chi connectivity index (χ2v) is 10.3. The van der Waals surface area contributed by atoms with Gasteiger partial charge in [-0.25, -0.2) is 8.42 Å². The molecule has 0 bridgehead atoms. The van der Waals surface area contributed by atoms with Crippen molar-refractivity contribution in [3.05, 3.63) is 72.1 Å². The minimum absolute atomic E-state index is 0.0790. The quantitative estimate of drug-likeness (QED) is 0.362. The fourth-order valence-electron chi connectivity index (χ4n) is 4.24. The molecule has 0 amide bonds. The number of benzene rings is 2. The number of carbonyl (C=O) groups excluding carboxylic acids is 2. The maximum Gasteiger partial charge on any atom is 0.231 e. The predicted octanol–water partition coefficient (Wildman–Crippen LogP) is 4.66. The molecule has 4 aromatic rings. The molecule has 2 heterocycles. The predicted molar refractivity (Wildman–Crippen MR) is 126 cm³/mol. The first kappa shape index (κ1) is 22.0. The number of rotatable bonds is 9. The maximum absolute atomic E-state index is 14.0. The monoisotopic (exact) mass is 450 g/mol. The molecule has 0 atom stereocenters. The zero-order chi connectivity index (χ0) is 22.9. The zero-order valence-electron chi connectivity index (χ0n) is 18.1. The third-order valence-corrected chi connectivity index (χ3v) is 8.33. The van der Waals surface area contributed by atoms with Crippen molar-refractivity contribution < 1.29 is 18.0 Å². The third kappa shape index (κ3) is 3.37. The van der Waals surface area contributed by atoms with Gasteiger partial charge in [-0.15, -0.1) is 0 Å². The van der Waals surface area contributed by atoms with Crippen molar-refractivity contribution in [2.45, 2.75) is 37.9 Å². The Labute approximate surface area is 187 Å².